The Bertz CT molecular complexity index is 482. The number of aromatic nitrogens is 1. The quantitative estimate of drug-likeness (QED) is 0.739. The lowest BCUT2D eigenvalue weighted by Gasteiger charge is -2.04. The van der Waals surface area contributed by atoms with Crippen LogP contribution in [0.2, 0.25) is 0 Å². The van der Waals surface area contributed by atoms with Gasteiger partial charge >= 0.3 is 0 Å². The number of hydrogen-bond acceptors (Lipinski definition) is 2. The third kappa shape index (κ3) is 1.73. The van der Waals surface area contributed by atoms with Gasteiger partial charge in [-0.3, -0.25) is 14.3 Å². The highest BCUT2D eigenvalue weighted by Crippen LogP contribution is 2.20. The van der Waals surface area contributed by atoms with Crippen molar-refractivity contribution >= 4 is 27.9 Å². The fourth-order valence-electron chi connectivity index (χ4n) is 1.28. The van der Waals surface area contributed by atoms with E-state index >= 15 is 0 Å². The van der Waals surface area contributed by atoms with E-state index in [1.165, 1.54) is 0 Å². The van der Waals surface area contributed by atoms with Crippen LogP contribution in [0.3, 0.4) is 0 Å². The Labute approximate surface area is 83.4 Å². The third-order valence-corrected chi connectivity index (χ3v) is 2.24. The normalized spacial score (nSPS) is 12.6. The van der Waals surface area contributed by atoms with E-state index in [9.17, 15) is 4.21 Å². The summed E-state index contributed by atoms with van der Waals surface area (Å²) < 4.78 is 21.7. The van der Waals surface area contributed by atoms with Crippen LogP contribution in [0.15, 0.2) is 36.5 Å². The second-order valence-electron chi connectivity index (χ2n) is 2.73. The Morgan fingerprint density at radius 3 is 2.86 bits per heavy atom. The highest BCUT2D eigenvalue weighted by atomic mass is 32.2. The lowest BCUT2D eigenvalue weighted by atomic mass is 10.2. The molecule has 14 heavy (non-hydrogen) atoms. The van der Waals surface area contributed by atoms with Gasteiger partial charge in [0.05, 0.1) is 11.2 Å². The zero-order valence-electron chi connectivity index (χ0n) is 7.18. The van der Waals surface area contributed by atoms with Crippen molar-refractivity contribution in [2.24, 2.45) is 0 Å². The molecule has 0 bridgehead atoms. The maximum atomic E-state index is 10.6. The van der Waals surface area contributed by atoms with Gasteiger partial charge in [0, 0.05) is 11.6 Å². The maximum absolute atomic E-state index is 10.6. The van der Waals surface area contributed by atoms with Crippen molar-refractivity contribution in [2.75, 3.05) is 4.72 Å². The minimum absolute atomic E-state index is 0.608. The summed E-state index contributed by atoms with van der Waals surface area (Å²) in [6, 6.07) is 9.08. The Kier molecular flexibility index (Phi) is 2.43. The number of fused-ring (bicyclic) bond motifs is 1. The molecule has 1 aromatic carbocycles. The summed E-state index contributed by atoms with van der Waals surface area (Å²) in [5.41, 5.74) is 1.40. The van der Waals surface area contributed by atoms with Gasteiger partial charge in [0.2, 0.25) is 0 Å². The third-order valence-electron chi connectivity index (χ3n) is 1.85. The van der Waals surface area contributed by atoms with Crippen molar-refractivity contribution in [3.05, 3.63) is 36.5 Å². The number of rotatable bonds is 2. The number of anilines is 1. The number of benzene rings is 1. The van der Waals surface area contributed by atoms with Gasteiger partial charge in [0.25, 0.3) is 11.3 Å². The fraction of sp³-hybridized carbons (Fsp3) is 0. The zero-order valence-corrected chi connectivity index (χ0v) is 7.99. The second-order valence-corrected chi connectivity index (χ2v) is 3.43. The van der Waals surface area contributed by atoms with Crippen LogP contribution in [0.5, 0.6) is 0 Å². The average Bonchev–Trinajstić information content (AvgIpc) is 2.18. The summed E-state index contributed by atoms with van der Waals surface area (Å²) in [6.07, 6.45) is 1.59. The van der Waals surface area contributed by atoms with E-state index in [1.54, 1.807) is 12.3 Å². The predicted molar refractivity (Wildman–Crippen MR) is 56.1 cm³/mol. The van der Waals surface area contributed by atoms with Crippen LogP contribution in [0.4, 0.5) is 5.69 Å². The summed E-state index contributed by atoms with van der Waals surface area (Å²) >= 11 is -2.05. The summed E-state index contributed by atoms with van der Waals surface area (Å²) in [7, 11) is 0. The molecule has 0 radical (unpaired) electrons. The molecule has 0 spiro atoms. The largest absolute Gasteiger partial charge is 0.289 e. The van der Waals surface area contributed by atoms with Crippen LogP contribution < -0.4 is 4.72 Å². The van der Waals surface area contributed by atoms with E-state index in [-0.39, 0.29) is 0 Å². The molecule has 1 heterocycles. The molecule has 0 aliphatic heterocycles. The van der Waals surface area contributed by atoms with E-state index in [2.05, 4.69) is 9.71 Å². The first-order valence-corrected chi connectivity index (χ1v) is 5.09. The molecular formula is C9H8N2O2S. The summed E-state index contributed by atoms with van der Waals surface area (Å²) in [5, 5.41) is 0.831. The Balaban J connectivity index is 2.59. The van der Waals surface area contributed by atoms with Crippen molar-refractivity contribution in [3.63, 3.8) is 0 Å². The molecular weight excluding hydrogens is 200 g/mol. The first-order valence-electron chi connectivity index (χ1n) is 3.98. The molecule has 0 aliphatic carbocycles. The maximum Gasteiger partial charge on any atom is 0.259 e. The summed E-state index contributed by atoms with van der Waals surface area (Å²) in [5.74, 6) is 0. The standard InChI is InChI=1S/C9H8N2O2S/c12-14(13)11-9-5-6-10-8-4-2-1-3-7(8)9/h1-6H,(H,10,11)(H,12,13). The van der Waals surface area contributed by atoms with E-state index < -0.39 is 11.3 Å². The van der Waals surface area contributed by atoms with E-state index in [4.69, 9.17) is 4.55 Å². The van der Waals surface area contributed by atoms with Gasteiger partial charge in [-0.05, 0) is 12.1 Å². The highest BCUT2D eigenvalue weighted by molar-refractivity contribution is 7.80. The van der Waals surface area contributed by atoms with Gasteiger partial charge in [-0.25, -0.2) is 4.21 Å². The highest BCUT2D eigenvalue weighted by Gasteiger charge is 2.01. The lowest BCUT2D eigenvalue weighted by molar-refractivity contribution is 0.570. The van der Waals surface area contributed by atoms with Crippen LogP contribution in [-0.4, -0.2) is 13.7 Å². The number of para-hydroxylation sites is 1. The molecule has 2 N–H and O–H groups in total. The lowest BCUT2D eigenvalue weighted by Crippen LogP contribution is -2.02. The van der Waals surface area contributed by atoms with Gasteiger partial charge in [0.1, 0.15) is 0 Å². The van der Waals surface area contributed by atoms with Crippen molar-refractivity contribution in [3.8, 4) is 0 Å². The zero-order chi connectivity index (χ0) is 9.97. The number of pyridine rings is 1. The molecule has 72 valence electrons. The van der Waals surface area contributed by atoms with Crippen LogP contribution in [0.1, 0.15) is 0 Å². The van der Waals surface area contributed by atoms with Crippen molar-refractivity contribution in [1.29, 1.82) is 0 Å². The Morgan fingerprint density at radius 1 is 1.29 bits per heavy atom. The first-order chi connectivity index (χ1) is 6.77. The molecule has 4 nitrogen and oxygen atoms in total. The van der Waals surface area contributed by atoms with Crippen LogP contribution >= 0.6 is 0 Å². The van der Waals surface area contributed by atoms with Gasteiger partial charge in [-0.15, -0.1) is 0 Å². The van der Waals surface area contributed by atoms with Crippen molar-refractivity contribution in [1.82, 2.24) is 4.98 Å². The molecule has 0 amide bonds. The molecule has 0 aliphatic rings. The molecule has 1 atom stereocenters. The first kappa shape index (κ1) is 9.11. The molecule has 1 unspecified atom stereocenters. The van der Waals surface area contributed by atoms with E-state index in [0.29, 0.717) is 5.69 Å². The van der Waals surface area contributed by atoms with Gasteiger partial charge < -0.3 is 0 Å². The molecule has 0 fully saturated rings. The molecule has 2 aromatic rings. The minimum atomic E-state index is -2.05. The molecule has 0 saturated carbocycles. The van der Waals surface area contributed by atoms with Crippen molar-refractivity contribution < 1.29 is 8.76 Å². The molecule has 0 saturated heterocycles. The monoisotopic (exact) mass is 208 g/mol. The minimum Gasteiger partial charge on any atom is -0.289 e. The molecule has 2 rings (SSSR count). The molecule has 5 heteroatoms. The molecule has 1 aromatic heterocycles. The number of nitrogens with zero attached hydrogens (tertiary/aromatic N) is 1. The number of hydrogen-bond donors (Lipinski definition) is 2. The van der Waals surface area contributed by atoms with Crippen LogP contribution in [-0.2, 0) is 11.3 Å². The smallest absolute Gasteiger partial charge is 0.259 e. The summed E-state index contributed by atoms with van der Waals surface area (Å²) in [4.78, 5) is 4.13. The summed E-state index contributed by atoms with van der Waals surface area (Å²) in [6.45, 7) is 0. The average molecular weight is 208 g/mol. The fourth-order valence-corrected chi connectivity index (χ4v) is 1.65. The predicted octanol–water partition coefficient (Wildman–Crippen LogP) is 1.78. The van der Waals surface area contributed by atoms with Crippen LogP contribution in [0.25, 0.3) is 10.9 Å². The van der Waals surface area contributed by atoms with E-state index in [0.717, 1.165) is 10.9 Å². The second kappa shape index (κ2) is 3.73. The van der Waals surface area contributed by atoms with Gasteiger partial charge in [-0.2, -0.15) is 0 Å². The SMILES string of the molecule is O=S(O)Nc1ccnc2ccccc12. The topological polar surface area (TPSA) is 62.2 Å². The van der Waals surface area contributed by atoms with Crippen LogP contribution in [0, 0.1) is 0 Å². The Hall–Kier alpha value is -1.46. The van der Waals surface area contributed by atoms with Crippen molar-refractivity contribution in [2.45, 2.75) is 0 Å². The van der Waals surface area contributed by atoms with Gasteiger partial charge in [-0.1, -0.05) is 18.2 Å². The van der Waals surface area contributed by atoms with Gasteiger partial charge in [0.15, 0.2) is 0 Å². The Morgan fingerprint density at radius 2 is 2.07 bits per heavy atom. The number of nitrogens with one attached hydrogen (secondary N) is 1. The van der Waals surface area contributed by atoms with E-state index in [1.807, 2.05) is 24.3 Å².